The number of hydrogen-bond acceptors (Lipinski definition) is 5. The minimum absolute atomic E-state index is 0.179. The number of fused-ring (bicyclic) bond motifs is 1. The van der Waals surface area contributed by atoms with Crippen LogP contribution in [0.2, 0.25) is 0 Å². The summed E-state index contributed by atoms with van der Waals surface area (Å²) in [6, 6.07) is 15.3. The van der Waals surface area contributed by atoms with Crippen LogP contribution >= 0.6 is 11.3 Å². The van der Waals surface area contributed by atoms with Crippen molar-refractivity contribution in [1.82, 2.24) is 19.7 Å². The van der Waals surface area contributed by atoms with E-state index >= 15 is 0 Å². The SMILES string of the molecule is CCn1ccc(C(=O)N(Cc2ccccn2)c2nc3ccccc3s2)n1. The fraction of sp³-hybridized carbons (Fsp3) is 0.158. The molecule has 4 aromatic rings. The monoisotopic (exact) mass is 363 g/mol. The zero-order valence-electron chi connectivity index (χ0n) is 14.2. The third-order valence-electron chi connectivity index (χ3n) is 3.99. The van der Waals surface area contributed by atoms with Gasteiger partial charge in [-0.15, -0.1) is 0 Å². The molecule has 0 unspecified atom stereocenters. The summed E-state index contributed by atoms with van der Waals surface area (Å²) in [4.78, 5) is 23.8. The van der Waals surface area contributed by atoms with Gasteiger partial charge in [-0.1, -0.05) is 29.5 Å². The molecular weight excluding hydrogens is 346 g/mol. The Morgan fingerprint density at radius 3 is 2.73 bits per heavy atom. The highest BCUT2D eigenvalue weighted by Crippen LogP contribution is 2.30. The van der Waals surface area contributed by atoms with Gasteiger partial charge in [0.1, 0.15) is 0 Å². The molecule has 0 aliphatic carbocycles. The summed E-state index contributed by atoms with van der Waals surface area (Å²) in [6.07, 6.45) is 3.53. The smallest absolute Gasteiger partial charge is 0.276 e. The number of carbonyl (C=O) groups is 1. The quantitative estimate of drug-likeness (QED) is 0.542. The molecule has 130 valence electrons. The average Bonchev–Trinajstić information content (AvgIpc) is 3.33. The van der Waals surface area contributed by atoms with Gasteiger partial charge in [0.15, 0.2) is 10.8 Å². The number of aryl methyl sites for hydroxylation is 1. The van der Waals surface area contributed by atoms with Crippen LogP contribution in [0.4, 0.5) is 5.13 Å². The van der Waals surface area contributed by atoms with Gasteiger partial charge in [-0.05, 0) is 37.3 Å². The molecule has 0 aliphatic heterocycles. The number of carbonyl (C=O) groups excluding carboxylic acids is 1. The molecule has 0 fully saturated rings. The molecule has 0 aliphatic rings. The fourth-order valence-corrected chi connectivity index (χ4v) is 3.61. The van der Waals surface area contributed by atoms with Crippen LogP contribution in [0.5, 0.6) is 0 Å². The van der Waals surface area contributed by atoms with Crippen molar-refractivity contribution in [3.8, 4) is 0 Å². The maximum absolute atomic E-state index is 13.1. The van der Waals surface area contributed by atoms with E-state index in [2.05, 4.69) is 15.1 Å². The third-order valence-corrected chi connectivity index (χ3v) is 5.05. The highest BCUT2D eigenvalue weighted by molar-refractivity contribution is 7.22. The lowest BCUT2D eigenvalue weighted by atomic mass is 10.3. The Balaban J connectivity index is 1.74. The zero-order chi connectivity index (χ0) is 17.9. The summed E-state index contributed by atoms with van der Waals surface area (Å²) >= 11 is 1.49. The van der Waals surface area contributed by atoms with Gasteiger partial charge < -0.3 is 0 Å². The van der Waals surface area contributed by atoms with E-state index in [0.29, 0.717) is 23.9 Å². The molecular formula is C19H17N5OS. The van der Waals surface area contributed by atoms with Crippen molar-refractivity contribution in [2.75, 3.05) is 4.90 Å². The maximum Gasteiger partial charge on any atom is 0.280 e. The Bertz CT molecular complexity index is 1010. The maximum atomic E-state index is 13.1. The highest BCUT2D eigenvalue weighted by Gasteiger charge is 2.24. The number of nitrogens with zero attached hydrogens (tertiary/aromatic N) is 5. The van der Waals surface area contributed by atoms with E-state index in [4.69, 9.17) is 0 Å². The van der Waals surface area contributed by atoms with Crippen molar-refractivity contribution < 1.29 is 4.79 Å². The molecule has 0 bridgehead atoms. The molecule has 0 atom stereocenters. The van der Waals surface area contributed by atoms with E-state index in [1.807, 2.05) is 55.6 Å². The van der Waals surface area contributed by atoms with Crippen molar-refractivity contribution in [3.05, 3.63) is 72.3 Å². The van der Waals surface area contributed by atoms with Gasteiger partial charge in [0.25, 0.3) is 5.91 Å². The summed E-state index contributed by atoms with van der Waals surface area (Å²) < 4.78 is 2.78. The fourth-order valence-electron chi connectivity index (χ4n) is 2.65. The van der Waals surface area contributed by atoms with Crippen LogP contribution in [-0.2, 0) is 13.1 Å². The highest BCUT2D eigenvalue weighted by atomic mass is 32.1. The van der Waals surface area contributed by atoms with Crippen LogP contribution in [0, 0.1) is 0 Å². The van der Waals surface area contributed by atoms with Gasteiger partial charge in [-0.3, -0.25) is 19.4 Å². The predicted molar refractivity (Wildman–Crippen MR) is 102 cm³/mol. The van der Waals surface area contributed by atoms with E-state index in [9.17, 15) is 4.79 Å². The molecule has 0 spiro atoms. The lowest BCUT2D eigenvalue weighted by Gasteiger charge is -2.18. The van der Waals surface area contributed by atoms with E-state index in [-0.39, 0.29) is 5.91 Å². The lowest BCUT2D eigenvalue weighted by molar-refractivity contribution is 0.0979. The molecule has 0 radical (unpaired) electrons. The molecule has 1 aromatic carbocycles. The molecule has 3 aromatic heterocycles. The molecule has 0 saturated heterocycles. The van der Waals surface area contributed by atoms with Crippen LogP contribution in [0.1, 0.15) is 23.1 Å². The summed E-state index contributed by atoms with van der Waals surface area (Å²) in [5, 5.41) is 5.00. The second-order valence-corrected chi connectivity index (χ2v) is 6.74. The Hall–Kier alpha value is -3.06. The van der Waals surface area contributed by atoms with Gasteiger partial charge in [0, 0.05) is 18.9 Å². The summed E-state index contributed by atoms with van der Waals surface area (Å²) in [5.41, 5.74) is 2.09. The molecule has 26 heavy (non-hydrogen) atoms. The number of aromatic nitrogens is 4. The Kier molecular flexibility index (Phi) is 4.45. The molecule has 3 heterocycles. The summed E-state index contributed by atoms with van der Waals surface area (Å²) in [7, 11) is 0. The predicted octanol–water partition coefficient (Wildman–Crippen LogP) is 3.75. The van der Waals surface area contributed by atoms with Crippen molar-refractivity contribution in [3.63, 3.8) is 0 Å². The number of amides is 1. The van der Waals surface area contributed by atoms with Crippen molar-refractivity contribution >= 4 is 32.6 Å². The van der Waals surface area contributed by atoms with Crippen LogP contribution in [0.3, 0.4) is 0 Å². The van der Waals surface area contributed by atoms with Gasteiger partial charge in [0.05, 0.1) is 22.5 Å². The number of anilines is 1. The Morgan fingerprint density at radius 2 is 2.00 bits per heavy atom. The van der Waals surface area contributed by atoms with Crippen molar-refractivity contribution in [2.45, 2.75) is 20.0 Å². The van der Waals surface area contributed by atoms with E-state index in [0.717, 1.165) is 15.9 Å². The van der Waals surface area contributed by atoms with Crippen molar-refractivity contribution in [2.24, 2.45) is 0 Å². The largest absolute Gasteiger partial charge is 0.280 e. The molecule has 1 amide bonds. The second-order valence-electron chi connectivity index (χ2n) is 5.73. The minimum Gasteiger partial charge on any atom is -0.276 e. The van der Waals surface area contributed by atoms with E-state index in [1.54, 1.807) is 21.8 Å². The number of hydrogen-bond donors (Lipinski definition) is 0. The van der Waals surface area contributed by atoms with Gasteiger partial charge in [-0.2, -0.15) is 5.10 Å². The van der Waals surface area contributed by atoms with Gasteiger partial charge >= 0.3 is 0 Å². The number of rotatable bonds is 5. The molecule has 7 heteroatoms. The van der Waals surface area contributed by atoms with Crippen LogP contribution < -0.4 is 4.90 Å². The molecule has 0 N–H and O–H groups in total. The Morgan fingerprint density at radius 1 is 1.15 bits per heavy atom. The second kappa shape index (κ2) is 7.05. The summed E-state index contributed by atoms with van der Waals surface area (Å²) in [6.45, 7) is 3.05. The van der Waals surface area contributed by atoms with E-state index < -0.39 is 0 Å². The number of benzene rings is 1. The molecule has 6 nitrogen and oxygen atoms in total. The third kappa shape index (κ3) is 3.21. The first-order valence-electron chi connectivity index (χ1n) is 8.35. The number of thiazole rings is 1. The van der Waals surface area contributed by atoms with Crippen LogP contribution in [0.25, 0.3) is 10.2 Å². The van der Waals surface area contributed by atoms with Crippen molar-refractivity contribution in [1.29, 1.82) is 0 Å². The van der Waals surface area contributed by atoms with Crippen LogP contribution in [0.15, 0.2) is 60.9 Å². The number of pyridine rings is 1. The van der Waals surface area contributed by atoms with Crippen LogP contribution in [-0.4, -0.2) is 25.7 Å². The number of para-hydroxylation sites is 1. The van der Waals surface area contributed by atoms with Gasteiger partial charge in [0.2, 0.25) is 0 Å². The first-order chi connectivity index (χ1) is 12.7. The van der Waals surface area contributed by atoms with Gasteiger partial charge in [-0.25, -0.2) is 4.98 Å². The molecule has 4 rings (SSSR count). The Labute approximate surface area is 154 Å². The summed E-state index contributed by atoms with van der Waals surface area (Å²) in [5.74, 6) is -0.179. The first-order valence-corrected chi connectivity index (χ1v) is 9.17. The zero-order valence-corrected chi connectivity index (χ0v) is 15.1. The minimum atomic E-state index is -0.179. The lowest BCUT2D eigenvalue weighted by Crippen LogP contribution is -2.31. The molecule has 0 saturated carbocycles. The normalized spacial score (nSPS) is 11.0. The van der Waals surface area contributed by atoms with E-state index in [1.165, 1.54) is 11.3 Å². The first kappa shape index (κ1) is 16.4. The standard InChI is InChI=1S/C19H17N5OS/c1-2-23-12-10-16(22-23)18(25)24(13-14-7-5-6-11-20-14)19-21-15-8-3-4-9-17(15)26-19/h3-12H,2,13H2,1H3. The topological polar surface area (TPSA) is 63.9 Å². The average molecular weight is 363 g/mol.